The average molecular weight is 172 g/mol. The second-order valence-corrected chi connectivity index (χ2v) is 5.44. The van der Waals surface area contributed by atoms with Gasteiger partial charge in [-0.2, -0.15) is 0 Å². The van der Waals surface area contributed by atoms with E-state index in [0.29, 0.717) is 11.2 Å². The van der Waals surface area contributed by atoms with E-state index < -0.39 is 10.8 Å². The van der Waals surface area contributed by atoms with E-state index >= 15 is 0 Å². The zero-order valence-electron chi connectivity index (χ0n) is 7.30. The molecule has 0 spiro atoms. The maximum Gasteiger partial charge on any atom is 0.0325 e. The Morgan fingerprint density at radius 2 is 2.27 bits per heavy atom. The van der Waals surface area contributed by atoms with E-state index in [4.69, 9.17) is 0 Å². The molecule has 0 aromatic heterocycles. The monoisotopic (exact) mass is 172 g/mol. The maximum atomic E-state index is 11.2. The Balaban J connectivity index is 2.52. The molecule has 1 aliphatic heterocycles. The van der Waals surface area contributed by atoms with Gasteiger partial charge >= 0.3 is 0 Å². The Hall–Kier alpha value is -0.110. The number of allylic oxidation sites excluding steroid dienone is 1. The summed E-state index contributed by atoms with van der Waals surface area (Å²) >= 11 is 0. The summed E-state index contributed by atoms with van der Waals surface area (Å²) in [6, 6.07) is 0. The van der Waals surface area contributed by atoms with Gasteiger partial charge in [0.2, 0.25) is 0 Å². The van der Waals surface area contributed by atoms with Crippen LogP contribution in [0.15, 0.2) is 12.2 Å². The van der Waals surface area contributed by atoms with Crippen molar-refractivity contribution in [2.45, 2.75) is 31.9 Å². The number of rotatable bonds is 1. The van der Waals surface area contributed by atoms with E-state index in [-0.39, 0.29) is 0 Å². The van der Waals surface area contributed by atoms with Crippen LogP contribution < -0.4 is 0 Å². The quantitative estimate of drug-likeness (QED) is 0.554. The van der Waals surface area contributed by atoms with Crippen LogP contribution in [-0.4, -0.2) is 15.2 Å². The van der Waals surface area contributed by atoms with Gasteiger partial charge in [-0.05, 0) is 25.7 Å². The first kappa shape index (κ1) is 8.98. The maximum absolute atomic E-state index is 11.2. The number of hydrogen-bond donors (Lipinski definition) is 0. The summed E-state index contributed by atoms with van der Waals surface area (Å²) in [5.74, 6) is 1.50. The molecule has 1 rings (SSSR count). The molecule has 0 saturated carbocycles. The SMILES string of the molecule is C=C(C)C1CCS(=O)[C@@H](C)C1. The molecule has 0 aliphatic carbocycles. The third-order valence-electron chi connectivity index (χ3n) is 2.43. The van der Waals surface area contributed by atoms with Gasteiger partial charge in [0.05, 0.1) is 0 Å². The molecule has 1 fully saturated rings. The van der Waals surface area contributed by atoms with E-state index in [0.717, 1.165) is 18.6 Å². The highest BCUT2D eigenvalue weighted by atomic mass is 32.2. The zero-order chi connectivity index (χ0) is 8.43. The molecule has 11 heavy (non-hydrogen) atoms. The van der Waals surface area contributed by atoms with E-state index in [9.17, 15) is 4.21 Å². The molecule has 1 saturated heterocycles. The topological polar surface area (TPSA) is 17.1 Å². The Kier molecular flexibility index (Phi) is 2.88. The molecule has 2 unspecified atom stereocenters. The fourth-order valence-corrected chi connectivity index (χ4v) is 2.90. The van der Waals surface area contributed by atoms with Gasteiger partial charge in [-0.25, -0.2) is 0 Å². The summed E-state index contributed by atoms with van der Waals surface area (Å²) in [6.07, 6.45) is 2.15. The lowest BCUT2D eigenvalue weighted by atomic mass is 9.93. The minimum absolute atomic E-state index is 0.380. The summed E-state index contributed by atoms with van der Waals surface area (Å²) in [5.41, 5.74) is 1.26. The fourth-order valence-electron chi connectivity index (χ4n) is 1.53. The van der Waals surface area contributed by atoms with Crippen molar-refractivity contribution in [1.82, 2.24) is 0 Å². The molecule has 3 atom stereocenters. The van der Waals surface area contributed by atoms with E-state index in [2.05, 4.69) is 20.4 Å². The lowest BCUT2D eigenvalue weighted by molar-refractivity contribution is 0.512. The molecule has 1 aliphatic rings. The summed E-state index contributed by atoms with van der Waals surface area (Å²) in [6.45, 7) is 8.09. The van der Waals surface area contributed by atoms with Gasteiger partial charge in [0.15, 0.2) is 0 Å². The Labute approximate surface area is 71.3 Å². The van der Waals surface area contributed by atoms with Crippen LogP contribution in [0.3, 0.4) is 0 Å². The highest BCUT2D eigenvalue weighted by Gasteiger charge is 2.24. The molecule has 1 heterocycles. The van der Waals surface area contributed by atoms with E-state index in [1.54, 1.807) is 0 Å². The van der Waals surface area contributed by atoms with Gasteiger partial charge in [-0.15, -0.1) is 0 Å². The van der Waals surface area contributed by atoms with Gasteiger partial charge in [0, 0.05) is 21.8 Å². The minimum atomic E-state index is -0.563. The summed E-state index contributed by atoms with van der Waals surface area (Å²) in [4.78, 5) is 0. The van der Waals surface area contributed by atoms with Crippen LogP contribution in [0.1, 0.15) is 26.7 Å². The first-order valence-electron chi connectivity index (χ1n) is 4.14. The predicted molar refractivity (Wildman–Crippen MR) is 50.0 cm³/mol. The smallest absolute Gasteiger partial charge is 0.0325 e. The zero-order valence-corrected chi connectivity index (χ0v) is 8.12. The van der Waals surface area contributed by atoms with Crippen molar-refractivity contribution in [2.75, 3.05) is 5.75 Å². The van der Waals surface area contributed by atoms with Crippen LogP contribution in [0.4, 0.5) is 0 Å². The van der Waals surface area contributed by atoms with Gasteiger partial charge in [-0.3, -0.25) is 4.21 Å². The molecule has 0 N–H and O–H groups in total. The lowest BCUT2D eigenvalue weighted by Crippen LogP contribution is -2.26. The Bertz CT molecular complexity index is 186. The van der Waals surface area contributed by atoms with Crippen LogP contribution in [0.5, 0.6) is 0 Å². The van der Waals surface area contributed by atoms with Crippen molar-refractivity contribution in [2.24, 2.45) is 5.92 Å². The molecule has 0 radical (unpaired) electrons. The standard InChI is InChI=1S/C9H16OS/c1-7(2)9-4-5-11(10)8(3)6-9/h8-9H,1,4-6H2,2-3H3/t8-,9?,11?/m0/s1. The highest BCUT2D eigenvalue weighted by molar-refractivity contribution is 7.85. The van der Waals surface area contributed by atoms with Gasteiger partial charge in [-0.1, -0.05) is 19.1 Å². The molecule has 0 bridgehead atoms. The first-order valence-corrected chi connectivity index (χ1v) is 5.52. The largest absolute Gasteiger partial charge is 0.259 e. The summed E-state index contributed by atoms with van der Waals surface area (Å²) in [5, 5.41) is 0.380. The van der Waals surface area contributed by atoms with Crippen LogP contribution >= 0.6 is 0 Å². The van der Waals surface area contributed by atoms with Crippen molar-refractivity contribution in [3.8, 4) is 0 Å². The van der Waals surface area contributed by atoms with Crippen LogP contribution in [-0.2, 0) is 10.8 Å². The molecule has 0 aromatic rings. The van der Waals surface area contributed by atoms with E-state index in [1.807, 2.05) is 0 Å². The van der Waals surface area contributed by atoms with Crippen molar-refractivity contribution in [3.63, 3.8) is 0 Å². The fraction of sp³-hybridized carbons (Fsp3) is 0.778. The minimum Gasteiger partial charge on any atom is -0.259 e. The van der Waals surface area contributed by atoms with Crippen LogP contribution in [0, 0.1) is 5.92 Å². The van der Waals surface area contributed by atoms with Crippen molar-refractivity contribution >= 4 is 10.8 Å². The van der Waals surface area contributed by atoms with E-state index in [1.165, 1.54) is 5.57 Å². The summed E-state index contributed by atoms with van der Waals surface area (Å²) < 4.78 is 11.2. The molecule has 0 aromatic carbocycles. The predicted octanol–water partition coefficient (Wildman–Crippen LogP) is 2.11. The first-order chi connectivity index (χ1) is 5.11. The normalized spacial score (nSPS) is 38.5. The molecule has 0 amide bonds. The Morgan fingerprint density at radius 1 is 1.64 bits per heavy atom. The molecular weight excluding hydrogens is 156 g/mol. The second kappa shape index (κ2) is 3.53. The third-order valence-corrected chi connectivity index (χ3v) is 4.16. The average Bonchev–Trinajstić information content (AvgIpc) is 1.94. The van der Waals surface area contributed by atoms with Crippen LogP contribution in [0.25, 0.3) is 0 Å². The second-order valence-electron chi connectivity index (χ2n) is 3.46. The van der Waals surface area contributed by atoms with Gasteiger partial charge < -0.3 is 0 Å². The molecular formula is C9H16OS. The highest BCUT2D eigenvalue weighted by Crippen LogP contribution is 2.26. The number of hydrogen-bond acceptors (Lipinski definition) is 1. The van der Waals surface area contributed by atoms with Crippen LogP contribution in [0.2, 0.25) is 0 Å². The Morgan fingerprint density at radius 3 is 2.73 bits per heavy atom. The van der Waals surface area contributed by atoms with Gasteiger partial charge in [0.25, 0.3) is 0 Å². The van der Waals surface area contributed by atoms with Crippen molar-refractivity contribution in [3.05, 3.63) is 12.2 Å². The third kappa shape index (κ3) is 2.16. The lowest BCUT2D eigenvalue weighted by Gasteiger charge is -2.26. The van der Waals surface area contributed by atoms with Crippen molar-refractivity contribution in [1.29, 1.82) is 0 Å². The molecule has 64 valence electrons. The summed E-state index contributed by atoms with van der Waals surface area (Å²) in [7, 11) is -0.563. The molecule has 1 nitrogen and oxygen atoms in total. The van der Waals surface area contributed by atoms with Crippen molar-refractivity contribution < 1.29 is 4.21 Å². The molecule has 2 heteroatoms. The van der Waals surface area contributed by atoms with Gasteiger partial charge in [0.1, 0.15) is 0 Å².